The van der Waals surface area contributed by atoms with Gasteiger partial charge in [-0.25, -0.2) is 9.97 Å². The van der Waals surface area contributed by atoms with E-state index in [1.54, 1.807) is 6.92 Å². The van der Waals surface area contributed by atoms with Gasteiger partial charge in [0.25, 0.3) is 0 Å². The lowest BCUT2D eigenvalue weighted by atomic mass is 10.0. The number of hydrogen-bond donors (Lipinski definition) is 0. The van der Waals surface area contributed by atoms with Gasteiger partial charge in [0.05, 0.1) is 33.1 Å². The summed E-state index contributed by atoms with van der Waals surface area (Å²) in [7, 11) is 0. The number of aryl methyl sites for hydroxylation is 1. The molecular weight excluding hydrogens is 642 g/mol. The highest BCUT2D eigenvalue weighted by molar-refractivity contribution is 6.14. The molecule has 51 heavy (non-hydrogen) atoms. The fourth-order valence-electron chi connectivity index (χ4n) is 7.76. The van der Waals surface area contributed by atoms with Gasteiger partial charge in [-0.15, -0.1) is 0 Å². The van der Waals surface area contributed by atoms with Crippen molar-refractivity contribution in [3.05, 3.63) is 157 Å². The smallest absolute Gasteiger partial charge is 0.309 e. The van der Waals surface area contributed by atoms with Gasteiger partial charge in [-0.1, -0.05) is 103 Å². The fraction of sp³-hybridized carbons (Fsp3) is 0.0455. The van der Waals surface area contributed by atoms with E-state index in [1.165, 1.54) is 12.1 Å². The predicted octanol–water partition coefficient (Wildman–Crippen LogP) is 12.0. The highest BCUT2D eigenvalue weighted by atomic mass is 19.4. The molecule has 0 saturated heterocycles. The Hall–Kier alpha value is -6.47. The highest BCUT2D eigenvalue weighted by Gasteiger charge is 2.35. The Morgan fingerprint density at radius 1 is 0.490 bits per heavy atom. The summed E-state index contributed by atoms with van der Waals surface area (Å²) in [4.78, 5) is 9.99. The minimum atomic E-state index is -4.59. The summed E-state index contributed by atoms with van der Waals surface area (Å²) >= 11 is 0. The number of halogens is 3. The Kier molecular flexibility index (Phi) is 6.21. The van der Waals surface area contributed by atoms with E-state index in [2.05, 4.69) is 69.8 Å². The summed E-state index contributed by atoms with van der Waals surface area (Å²) < 4.78 is 48.0. The molecule has 0 aliphatic rings. The Labute approximate surface area is 289 Å². The molecular formula is C44H27F3N4. The molecule has 7 aromatic carbocycles. The predicted molar refractivity (Wildman–Crippen MR) is 201 cm³/mol. The minimum Gasteiger partial charge on any atom is -0.309 e. The van der Waals surface area contributed by atoms with Gasteiger partial charge in [0, 0.05) is 43.6 Å². The van der Waals surface area contributed by atoms with Gasteiger partial charge in [-0.3, -0.25) is 4.57 Å². The van der Waals surface area contributed by atoms with Crippen LogP contribution in [0.4, 0.5) is 13.2 Å². The van der Waals surface area contributed by atoms with Crippen molar-refractivity contribution < 1.29 is 13.2 Å². The highest BCUT2D eigenvalue weighted by Crippen LogP contribution is 2.41. The topological polar surface area (TPSA) is 35.6 Å². The molecule has 0 amide bonds. The molecule has 0 aliphatic carbocycles. The first-order valence-corrected chi connectivity index (χ1v) is 16.7. The zero-order valence-corrected chi connectivity index (χ0v) is 27.3. The minimum absolute atomic E-state index is 0.0226. The van der Waals surface area contributed by atoms with Gasteiger partial charge < -0.3 is 4.57 Å². The molecule has 7 heteroatoms. The van der Waals surface area contributed by atoms with Crippen LogP contribution in [0.25, 0.3) is 88.2 Å². The molecule has 3 heterocycles. The van der Waals surface area contributed by atoms with Crippen molar-refractivity contribution in [1.82, 2.24) is 19.1 Å². The molecule has 0 radical (unpaired) electrons. The molecule has 10 rings (SSSR count). The normalized spacial score (nSPS) is 12.3. The number of alkyl halides is 3. The first-order valence-electron chi connectivity index (χ1n) is 16.7. The van der Waals surface area contributed by atoms with E-state index < -0.39 is 11.7 Å². The summed E-state index contributed by atoms with van der Waals surface area (Å²) in [5.74, 6) is 0.537. The average Bonchev–Trinajstić information content (AvgIpc) is 3.66. The van der Waals surface area contributed by atoms with E-state index in [0.29, 0.717) is 16.9 Å². The Morgan fingerprint density at radius 3 is 1.73 bits per heavy atom. The standard InChI is InChI=1S/C44H27F3N4/c1-26-18-23-36(44(45,46)47)35(24-26)42-48-41-29-11-3-2-10-27(29)19-21-34(41)43(49-42)51-39-17-9-6-14-32(39)33-22-20-28(25-40(33)51)50-37-15-7-4-12-30(37)31-13-5-8-16-38(31)50/h2-25H,1H3. The number of benzene rings is 7. The molecule has 244 valence electrons. The number of fused-ring (bicyclic) bond motifs is 9. The van der Waals surface area contributed by atoms with Crippen LogP contribution in [0.15, 0.2) is 146 Å². The van der Waals surface area contributed by atoms with Crippen LogP contribution >= 0.6 is 0 Å². The maximum Gasteiger partial charge on any atom is 0.417 e. The van der Waals surface area contributed by atoms with Crippen LogP contribution in [0.1, 0.15) is 11.1 Å². The lowest BCUT2D eigenvalue weighted by Crippen LogP contribution is -2.10. The number of aromatic nitrogens is 4. The summed E-state index contributed by atoms with van der Waals surface area (Å²) in [5.41, 5.74) is 5.37. The molecule has 0 N–H and O–H groups in total. The van der Waals surface area contributed by atoms with E-state index in [-0.39, 0.29) is 11.4 Å². The second-order valence-corrected chi connectivity index (χ2v) is 13.0. The third-order valence-corrected chi connectivity index (χ3v) is 10.00. The third kappa shape index (κ3) is 4.41. The lowest BCUT2D eigenvalue weighted by Gasteiger charge is -2.17. The van der Waals surface area contributed by atoms with Gasteiger partial charge >= 0.3 is 6.18 Å². The van der Waals surface area contributed by atoms with Crippen molar-refractivity contribution in [1.29, 1.82) is 0 Å². The molecule has 4 nitrogen and oxygen atoms in total. The van der Waals surface area contributed by atoms with Crippen LogP contribution in [0, 0.1) is 6.92 Å². The average molecular weight is 669 g/mol. The van der Waals surface area contributed by atoms with Crippen molar-refractivity contribution in [3.8, 4) is 22.9 Å². The SMILES string of the molecule is Cc1ccc(C(F)(F)F)c(-c2nc(-n3c4ccccc4c4ccc(-n5c6ccccc6c6ccccc65)cc43)c3ccc4ccccc4c3n2)c1. The summed E-state index contributed by atoms with van der Waals surface area (Å²) in [6.07, 6.45) is -4.59. The summed E-state index contributed by atoms with van der Waals surface area (Å²) in [5, 5.41) is 6.86. The summed E-state index contributed by atoms with van der Waals surface area (Å²) in [6, 6.07) is 47.3. The van der Waals surface area contributed by atoms with Gasteiger partial charge in [-0.2, -0.15) is 13.2 Å². The Bertz CT molecular complexity index is 2990. The Morgan fingerprint density at radius 2 is 1.06 bits per heavy atom. The number of nitrogens with zero attached hydrogens (tertiary/aromatic N) is 4. The maximum atomic E-state index is 14.6. The maximum absolute atomic E-state index is 14.6. The monoisotopic (exact) mass is 668 g/mol. The first-order chi connectivity index (χ1) is 24.8. The van der Waals surface area contributed by atoms with Gasteiger partial charge in [0.15, 0.2) is 5.82 Å². The molecule has 0 fully saturated rings. The van der Waals surface area contributed by atoms with Crippen LogP contribution in [0.3, 0.4) is 0 Å². The van der Waals surface area contributed by atoms with Crippen molar-refractivity contribution in [3.63, 3.8) is 0 Å². The molecule has 0 bridgehead atoms. The number of hydrogen-bond acceptors (Lipinski definition) is 2. The largest absolute Gasteiger partial charge is 0.417 e. The molecule has 0 unspecified atom stereocenters. The second kappa shape index (κ2) is 10.8. The van der Waals surface area contributed by atoms with Crippen LogP contribution in [0.2, 0.25) is 0 Å². The van der Waals surface area contributed by atoms with Crippen molar-refractivity contribution in [2.75, 3.05) is 0 Å². The molecule has 3 aromatic heterocycles. The van der Waals surface area contributed by atoms with Gasteiger partial charge in [0.2, 0.25) is 0 Å². The number of rotatable bonds is 3. The van der Waals surface area contributed by atoms with E-state index >= 15 is 0 Å². The van der Waals surface area contributed by atoms with Gasteiger partial charge in [0.1, 0.15) is 5.82 Å². The molecule has 10 aromatic rings. The molecule has 0 aliphatic heterocycles. The van der Waals surface area contributed by atoms with E-state index in [0.717, 1.165) is 71.5 Å². The lowest BCUT2D eigenvalue weighted by molar-refractivity contribution is -0.137. The van der Waals surface area contributed by atoms with Crippen molar-refractivity contribution >= 4 is 65.3 Å². The molecule has 0 atom stereocenters. The summed E-state index contributed by atoms with van der Waals surface area (Å²) in [6.45, 7) is 1.78. The van der Waals surface area contributed by atoms with Crippen molar-refractivity contribution in [2.45, 2.75) is 13.1 Å². The Balaban J connectivity index is 1.35. The van der Waals surface area contributed by atoms with Crippen LogP contribution in [-0.4, -0.2) is 19.1 Å². The first kappa shape index (κ1) is 29.4. The number of para-hydroxylation sites is 3. The van der Waals surface area contributed by atoms with Crippen molar-refractivity contribution in [2.24, 2.45) is 0 Å². The van der Waals surface area contributed by atoms with E-state index in [4.69, 9.17) is 9.97 Å². The second-order valence-electron chi connectivity index (χ2n) is 13.0. The quantitative estimate of drug-likeness (QED) is 0.176. The van der Waals surface area contributed by atoms with Gasteiger partial charge in [-0.05, 0) is 60.8 Å². The zero-order chi connectivity index (χ0) is 34.4. The van der Waals surface area contributed by atoms with E-state index in [9.17, 15) is 13.2 Å². The van der Waals surface area contributed by atoms with E-state index in [1.807, 2.05) is 66.7 Å². The zero-order valence-electron chi connectivity index (χ0n) is 27.3. The third-order valence-electron chi connectivity index (χ3n) is 10.00. The van der Waals surface area contributed by atoms with Crippen LogP contribution < -0.4 is 0 Å². The molecule has 0 saturated carbocycles. The fourth-order valence-corrected chi connectivity index (χ4v) is 7.76. The van der Waals surface area contributed by atoms with Crippen LogP contribution in [-0.2, 0) is 6.18 Å². The molecule has 0 spiro atoms. The van der Waals surface area contributed by atoms with Crippen LogP contribution in [0.5, 0.6) is 0 Å².